The Balaban J connectivity index is 1.90. The maximum absolute atomic E-state index is 13.2. The highest BCUT2D eigenvalue weighted by molar-refractivity contribution is 6.14. The first kappa shape index (κ1) is 20.9. The minimum Gasteiger partial charge on any atom is -0.378 e. The fourth-order valence-corrected chi connectivity index (χ4v) is 3.69. The minimum atomic E-state index is 0.163. The van der Waals surface area contributed by atoms with Gasteiger partial charge in [-0.2, -0.15) is 0 Å². The van der Waals surface area contributed by atoms with Crippen molar-refractivity contribution in [3.8, 4) is 0 Å². The number of rotatable bonds is 4. The third-order valence-electron chi connectivity index (χ3n) is 5.28. The lowest BCUT2D eigenvalue weighted by atomic mass is 9.93. The second kappa shape index (κ2) is 8.26. The minimum absolute atomic E-state index is 0.163. The Morgan fingerprint density at radius 1 is 0.690 bits per heavy atom. The van der Waals surface area contributed by atoms with Gasteiger partial charge in [-0.15, -0.1) is 0 Å². The van der Waals surface area contributed by atoms with E-state index >= 15 is 0 Å². The molecule has 0 N–H and O–H groups in total. The number of piperidine rings is 1. The number of Topliss-reactive ketones (excluding diaryl/α,β-unsaturated/α-hetero) is 1. The first-order valence-corrected chi connectivity index (χ1v) is 9.97. The molecule has 2 aromatic rings. The highest BCUT2D eigenvalue weighted by atomic mass is 16.1. The molecule has 0 unspecified atom stereocenters. The van der Waals surface area contributed by atoms with Crippen molar-refractivity contribution in [2.45, 2.75) is 0 Å². The number of likely N-dealkylation sites (N-methyl/N-ethyl adjacent to an activating group) is 1. The highest BCUT2D eigenvalue weighted by Crippen LogP contribution is 2.26. The smallest absolute Gasteiger partial charge is 0.196 e. The monoisotopic (exact) mass is 390 g/mol. The zero-order valence-corrected chi connectivity index (χ0v) is 18.4. The summed E-state index contributed by atoms with van der Waals surface area (Å²) in [6.07, 6.45) is 4.09. The Bertz CT molecular complexity index is 858. The zero-order chi connectivity index (χ0) is 21.2. The number of nitrogens with zero attached hydrogens (tertiary/aromatic N) is 3. The molecule has 0 radical (unpaired) electrons. The van der Waals surface area contributed by atoms with Crippen LogP contribution in [0.2, 0.25) is 0 Å². The maximum Gasteiger partial charge on any atom is 0.196 e. The van der Waals surface area contributed by atoms with Gasteiger partial charge in [-0.25, -0.2) is 0 Å². The van der Waals surface area contributed by atoms with Crippen LogP contribution < -0.4 is 9.80 Å². The first-order valence-electron chi connectivity index (χ1n) is 9.97. The summed E-state index contributed by atoms with van der Waals surface area (Å²) < 4.78 is 0.773. The van der Waals surface area contributed by atoms with Crippen LogP contribution in [0.5, 0.6) is 0 Å². The number of anilines is 2. The van der Waals surface area contributed by atoms with Gasteiger partial charge in [0, 0.05) is 39.6 Å². The molecule has 29 heavy (non-hydrogen) atoms. The number of hydrogen-bond donors (Lipinski definition) is 0. The normalized spacial score (nSPS) is 18.9. The summed E-state index contributed by atoms with van der Waals surface area (Å²) >= 11 is 0. The van der Waals surface area contributed by atoms with E-state index in [2.05, 4.69) is 72.4 Å². The molecule has 1 aliphatic rings. The standard InChI is InChI=1S/C25H32N3O/c1-26(2)23-11-7-19(8-12-23)15-21-17-28(5,6)18-22(25(21)29)16-20-9-13-24(14-10-20)27(3)4/h7-16H,17-18H2,1-6H3/q+1/b21-15-,22-16+. The van der Waals surface area contributed by atoms with Crippen LogP contribution in [0.25, 0.3) is 12.2 Å². The maximum atomic E-state index is 13.2. The molecule has 0 bridgehead atoms. The molecule has 0 aliphatic carbocycles. The largest absolute Gasteiger partial charge is 0.378 e. The Morgan fingerprint density at radius 2 is 1.03 bits per heavy atom. The van der Waals surface area contributed by atoms with Crippen molar-refractivity contribution < 1.29 is 9.28 Å². The number of hydrogen-bond acceptors (Lipinski definition) is 3. The fraction of sp³-hybridized carbons (Fsp3) is 0.320. The van der Waals surface area contributed by atoms with Gasteiger partial charge in [-0.1, -0.05) is 24.3 Å². The summed E-state index contributed by atoms with van der Waals surface area (Å²) in [5, 5.41) is 0. The average molecular weight is 391 g/mol. The molecule has 0 spiro atoms. The molecular weight excluding hydrogens is 358 g/mol. The average Bonchev–Trinajstić information content (AvgIpc) is 2.66. The van der Waals surface area contributed by atoms with Gasteiger partial charge in [0.1, 0.15) is 13.1 Å². The van der Waals surface area contributed by atoms with Crippen molar-refractivity contribution in [1.29, 1.82) is 0 Å². The van der Waals surface area contributed by atoms with E-state index in [9.17, 15) is 4.79 Å². The third-order valence-corrected chi connectivity index (χ3v) is 5.28. The van der Waals surface area contributed by atoms with E-state index in [1.165, 1.54) is 0 Å². The molecule has 4 heteroatoms. The SMILES string of the molecule is CN(C)c1ccc(/C=C2/C[N+](C)(C)C/C(=C\c3ccc(N(C)C)cc3)C2=O)cc1. The number of likely N-dealkylation sites (tertiary alicyclic amines) is 1. The molecule has 1 heterocycles. The van der Waals surface area contributed by atoms with Gasteiger partial charge in [-0.05, 0) is 47.5 Å². The summed E-state index contributed by atoms with van der Waals surface area (Å²) in [5.41, 5.74) is 6.18. The first-order chi connectivity index (χ1) is 13.6. The van der Waals surface area contributed by atoms with Gasteiger partial charge in [0.05, 0.1) is 25.2 Å². The van der Waals surface area contributed by atoms with Crippen LogP contribution >= 0.6 is 0 Å². The second-order valence-corrected chi connectivity index (χ2v) is 8.89. The lowest BCUT2D eigenvalue weighted by molar-refractivity contribution is -0.881. The van der Waals surface area contributed by atoms with Gasteiger partial charge in [0.25, 0.3) is 0 Å². The van der Waals surface area contributed by atoms with Gasteiger partial charge < -0.3 is 14.3 Å². The number of benzene rings is 2. The van der Waals surface area contributed by atoms with Gasteiger partial charge >= 0.3 is 0 Å². The quantitative estimate of drug-likeness (QED) is 0.583. The Labute approximate surface area is 174 Å². The lowest BCUT2D eigenvalue weighted by Gasteiger charge is -2.35. The predicted molar refractivity (Wildman–Crippen MR) is 124 cm³/mol. The summed E-state index contributed by atoms with van der Waals surface area (Å²) in [5.74, 6) is 0.163. The van der Waals surface area contributed by atoms with Crippen molar-refractivity contribution >= 4 is 29.3 Å². The van der Waals surface area contributed by atoms with Crippen molar-refractivity contribution in [3.63, 3.8) is 0 Å². The summed E-state index contributed by atoms with van der Waals surface area (Å²) in [7, 11) is 12.5. The Kier molecular flexibility index (Phi) is 5.94. The molecular formula is C25H32N3O+. The van der Waals surface area contributed by atoms with Crippen LogP contribution in [0.1, 0.15) is 11.1 Å². The number of carbonyl (C=O) groups is 1. The van der Waals surface area contributed by atoms with Crippen LogP contribution in [-0.4, -0.2) is 65.6 Å². The molecule has 152 valence electrons. The Morgan fingerprint density at radius 3 is 1.34 bits per heavy atom. The van der Waals surface area contributed by atoms with Crippen LogP contribution in [0.4, 0.5) is 11.4 Å². The van der Waals surface area contributed by atoms with Gasteiger partial charge in [-0.3, -0.25) is 4.79 Å². The van der Waals surface area contributed by atoms with Crippen LogP contribution in [0, 0.1) is 0 Å². The van der Waals surface area contributed by atoms with Crippen molar-refractivity contribution in [2.24, 2.45) is 0 Å². The fourth-order valence-electron chi connectivity index (χ4n) is 3.69. The summed E-state index contributed by atoms with van der Waals surface area (Å²) in [4.78, 5) is 17.4. The second-order valence-electron chi connectivity index (χ2n) is 8.89. The van der Waals surface area contributed by atoms with Gasteiger partial charge in [0.15, 0.2) is 5.78 Å². The van der Waals surface area contributed by atoms with E-state index in [1.54, 1.807) is 0 Å². The number of quaternary nitrogens is 1. The molecule has 3 rings (SSSR count). The summed E-state index contributed by atoms with van der Waals surface area (Å²) in [6.45, 7) is 1.48. The van der Waals surface area contributed by atoms with Crippen molar-refractivity contribution in [2.75, 3.05) is 65.2 Å². The van der Waals surface area contributed by atoms with E-state index in [1.807, 2.05) is 40.3 Å². The molecule has 4 nitrogen and oxygen atoms in total. The molecule has 1 saturated heterocycles. The van der Waals surface area contributed by atoms with Crippen LogP contribution in [0.3, 0.4) is 0 Å². The molecule has 0 amide bonds. The highest BCUT2D eigenvalue weighted by Gasteiger charge is 2.33. The zero-order valence-electron chi connectivity index (χ0n) is 18.4. The molecule has 0 aromatic heterocycles. The van der Waals surface area contributed by atoms with E-state index in [0.29, 0.717) is 0 Å². The van der Waals surface area contributed by atoms with Gasteiger partial charge in [0.2, 0.25) is 0 Å². The van der Waals surface area contributed by atoms with E-state index in [4.69, 9.17) is 0 Å². The lowest BCUT2D eigenvalue weighted by Crippen LogP contribution is -2.48. The van der Waals surface area contributed by atoms with Crippen molar-refractivity contribution in [3.05, 3.63) is 70.8 Å². The van der Waals surface area contributed by atoms with E-state index < -0.39 is 0 Å². The summed E-state index contributed by atoms with van der Waals surface area (Å²) in [6, 6.07) is 16.7. The predicted octanol–water partition coefficient (Wildman–Crippen LogP) is 3.94. The van der Waals surface area contributed by atoms with Crippen LogP contribution in [-0.2, 0) is 4.79 Å². The number of carbonyl (C=O) groups excluding carboxylic acids is 1. The van der Waals surface area contributed by atoms with Crippen molar-refractivity contribution in [1.82, 2.24) is 0 Å². The van der Waals surface area contributed by atoms with E-state index in [-0.39, 0.29) is 5.78 Å². The van der Waals surface area contributed by atoms with E-state index in [0.717, 1.165) is 51.2 Å². The Hall–Kier alpha value is -2.85. The van der Waals surface area contributed by atoms with Crippen LogP contribution in [0.15, 0.2) is 59.7 Å². The third kappa shape index (κ3) is 5.15. The molecule has 1 aliphatic heterocycles. The molecule has 1 fully saturated rings. The molecule has 0 atom stereocenters. The topological polar surface area (TPSA) is 23.6 Å². The molecule has 2 aromatic carbocycles. The molecule has 0 saturated carbocycles. The number of ketones is 1.